The lowest BCUT2D eigenvalue weighted by Gasteiger charge is -2.07. The average molecular weight is 459 g/mol. The van der Waals surface area contributed by atoms with Gasteiger partial charge >= 0.3 is 0 Å². The highest BCUT2D eigenvalue weighted by atomic mass is 35.5. The van der Waals surface area contributed by atoms with E-state index >= 15 is 0 Å². The van der Waals surface area contributed by atoms with Crippen molar-refractivity contribution in [2.24, 2.45) is 5.10 Å². The highest BCUT2D eigenvalue weighted by Gasteiger charge is 2.02. The number of benzene rings is 3. The smallest absolute Gasteiger partial charge is 0.250 e. The summed E-state index contributed by atoms with van der Waals surface area (Å²) in [7, 11) is 0. The fraction of sp³-hybridized carbons (Fsp3) is 0.130. The van der Waals surface area contributed by atoms with Gasteiger partial charge in [-0.25, -0.2) is 5.43 Å². The van der Waals surface area contributed by atoms with Crippen molar-refractivity contribution in [2.45, 2.75) is 12.4 Å². The van der Waals surface area contributed by atoms with Gasteiger partial charge in [0.15, 0.2) is 0 Å². The molecule has 0 saturated heterocycles. The minimum absolute atomic E-state index is 0.148. The molecule has 3 rings (SSSR count). The maximum atomic E-state index is 11.9. The largest absolute Gasteiger partial charge is 0.489 e. The summed E-state index contributed by atoms with van der Waals surface area (Å²) in [5, 5.41) is 5.39. The van der Waals surface area contributed by atoms with Crippen LogP contribution in [0.2, 0.25) is 10.0 Å². The van der Waals surface area contributed by atoms with E-state index in [9.17, 15) is 4.79 Å². The van der Waals surface area contributed by atoms with Gasteiger partial charge in [0, 0.05) is 21.4 Å². The van der Waals surface area contributed by atoms with Gasteiger partial charge in [-0.15, -0.1) is 11.8 Å². The highest BCUT2D eigenvalue weighted by molar-refractivity contribution is 7.99. The Morgan fingerprint density at radius 3 is 2.47 bits per heavy atom. The summed E-state index contributed by atoms with van der Waals surface area (Å²) < 4.78 is 5.75. The van der Waals surface area contributed by atoms with Crippen molar-refractivity contribution in [1.29, 1.82) is 0 Å². The Labute approximate surface area is 190 Å². The van der Waals surface area contributed by atoms with Gasteiger partial charge in [0.05, 0.1) is 12.0 Å². The number of carbonyl (C=O) groups excluding carboxylic acids is 1. The van der Waals surface area contributed by atoms with Crippen molar-refractivity contribution in [3.05, 3.63) is 99.5 Å². The molecule has 0 heterocycles. The third kappa shape index (κ3) is 7.41. The lowest BCUT2D eigenvalue weighted by molar-refractivity contribution is -0.118. The molecule has 4 nitrogen and oxygen atoms in total. The second-order valence-electron chi connectivity index (χ2n) is 6.36. The van der Waals surface area contributed by atoms with Crippen molar-refractivity contribution in [3.63, 3.8) is 0 Å². The van der Waals surface area contributed by atoms with Crippen LogP contribution in [0.3, 0.4) is 0 Å². The third-order valence-corrected chi connectivity index (χ3v) is 5.67. The molecule has 1 N–H and O–H groups in total. The third-order valence-electron chi connectivity index (χ3n) is 4.05. The summed E-state index contributed by atoms with van der Waals surface area (Å²) in [6.07, 6.45) is 1.60. The van der Waals surface area contributed by atoms with Crippen LogP contribution in [0.5, 0.6) is 5.75 Å². The summed E-state index contributed by atoms with van der Waals surface area (Å²) in [5.74, 6) is 1.65. The van der Waals surface area contributed by atoms with Gasteiger partial charge in [-0.05, 0) is 53.6 Å². The molecule has 3 aromatic carbocycles. The molecule has 0 spiro atoms. The molecular weight excluding hydrogens is 439 g/mol. The van der Waals surface area contributed by atoms with Crippen LogP contribution in [-0.2, 0) is 17.2 Å². The van der Waals surface area contributed by atoms with Crippen LogP contribution < -0.4 is 10.2 Å². The first kappa shape index (κ1) is 22.2. The molecule has 154 valence electrons. The molecule has 0 unspecified atom stereocenters. The van der Waals surface area contributed by atoms with Crippen LogP contribution in [0.1, 0.15) is 16.7 Å². The molecule has 1 amide bonds. The van der Waals surface area contributed by atoms with Crippen LogP contribution in [0.15, 0.2) is 77.9 Å². The minimum Gasteiger partial charge on any atom is -0.489 e. The van der Waals surface area contributed by atoms with E-state index in [2.05, 4.69) is 10.5 Å². The van der Waals surface area contributed by atoms with Crippen LogP contribution >= 0.6 is 35.0 Å². The number of hydrazone groups is 1. The molecule has 0 aliphatic carbocycles. The van der Waals surface area contributed by atoms with Gasteiger partial charge in [0.1, 0.15) is 12.4 Å². The molecule has 7 heteroatoms. The van der Waals surface area contributed by atoms with Crippen molar-refractivity contribution >= 4 is 47.1 Å². The van der Waals surface area contributed by atoms with Gasteiger partial charge in [-0.3, -0.25) is 4.79 Å². The van der Waals surface area contributed by atoms with Crippen LogP contribution in [0.4, 0.5) is 0 Å². The lowest BCUT2D eigenvalue weighted by atomic mass is 10.2. The van der Waals surface area contributed by atoms with E-state index in [4.69, 9.17) is 27.9 Å². The van der Waals surface area contributed by atoms with Crippen LogP contribution in [0, 0.1) is 0 Å². The molecule has 0 aliphatic heterocycles. The van der Waals surface area contributed by atoms with Crippen LogP contribution in [-0.4, -0.2) is 17.9 Å². The first-order valence-electron chi connectivity index (χ1n) is 9.20. The van der Waals surface area contributed by atoms with E-state index in [1.165, 1.54) is 11.8 Å². The Hall–Kier alpha value is -2.47. The Kier molecular flexibility index (Phi) is 8.63. The van der Waals surface area contributed by atoms with Gasteiger partial charge < -0.3 is 4.74 Å². The van der Waals surface area contributed by atoms with Crippen molar-refractivity contribution in [3.8, 4) is 5.75 Å². The maximum Gasteiger partial charge on any atom is 0.250 e. The lowest BCUT2D eigenvalue weighted by Crippen LogP contribution is -2.19. The van der Waals surface area contributed by atoms with Gasteiger partial charge in [-0.2, -0.15) is 5.10 Å². The molecule has 0 fully saturated rings. The van der Waals surface area contributed by atoms with Crippen molar-refractivity contribution in [2.75, 3.05) is 5.75 Å². The quantitative estimate of drug-likeness (QED) is 0.318. The fourth-order valence-electron chi connectivity index (χ4n) is 2.48. The number of halogens is 2. The van der Waals surface area contributed by atoms with Gasteiger partial charge in [0.2, 0.25) is 5.91 Å². The summed E-state index contributed by atoms with van der Waals surface area (Å²) in [6, 6.07) is 22.6. The first-order chi connectivity index (χ1) is 14.6. The number of rotatable bonds is 9. The summed E-state index contributed by atoms with van der Waals surface area (Å²) >= 11 is 13.5. The minimum atomic E-state index is -0.148. The second kappa shape index (κ2) is 11.6. The summed E-state index contributed by atoms with van der Waals surface area (Å²) in [4.78, 5) is 11.9. The number of hydrogen-bond donors (Lipinski definition) is 1. The monoisotopic (exact) mass is 458 g/mol. The number of thioether (sulfide) groups is 1. The number of nitrogens with one attached hydrogen (secondary N) is 1. The zero-order chi connectivity index (χ0) is 21.2. The Balaban J connectivity index is 1.38. The van der Waals surface area contributed by atoms with Gasteiger partial charge in [0.25, 0.3) is 0 Å². The Morgan fingerprint density at radius 1 is 1.00 bits per heavy atom. The van der Waals surface area contributed by atoms with Crippen molar-refractivity contribution in [1.82, 2.24) is 5.43 Å². The summed E-state index contributed by atoms with van der Waals surface area (Å²) in [5.41, 5.74) is 5.45. The fourth-order valence-corrected chi connectivity index (χ4v) is 3.58. The first-order valence-corrected chi connectivity index (χ1v) is 11.1. The summed E-state index contributed by atoms with van der Waals surface area (Å²) in [6.45, 7) is 0.400. The van der Waals surface area contributed by atoms with E-state index in [1.54, 1.807) is 6.21 Å². The molecular formula is C23H20Cl2N2O2S. The average Bonchev–Trinajstić information content (AvgIpc) is 2.75. The van der Waals surface area contributed by atoms with E-state index < -0.39 is 0 Å². The Bertz CT molecular complexity index is 993. The second-order valence-corrected chi connectivity index (χ2v) is 8.19. The Morgan fingerprint density at radius 2 is 1.73 bits per heavy atom. The zero-order valence-electron chi connectivity index (χ0n) is 16.1. The number of hydrogen-bond acceptors (Lipinski definition) is 4. The van der Waals surface area contributed by atoms with Crippen molar-refractivity contribution < 1.29 is 9.53 Å². The SMILES string of the molecule is O=C(CSCc1ccc(Cl)cc1)NN=Cc1ccc(OCc2ccccc2Cl)cc1. The normalized spacial score (nSPS) is 10.9. The molecule has 0 bridgehead atoms. The molecule has 0 aliphatic rings. The predicted octanol–water partition coefficient (Wildman–Crippen LogP) is 5.96. The topological polar surface area (TPSA) is 50.7 Å². The standard InChI is InChI=1S/C23H20Cl2N2O2S/c24-20-9-5-18(6-10-20)15-30-16-23(28)27-26-13-17-7-11-21(12-8-17)29-14-19-3-1-2-4-22(19)25/h1-13H,14-16H2,(H,27,28). The maximum absolute atomic E-state index is 11.9. The molecule has 0 atom stereocenters. The number of ether oxygens (including phenoxy) is 1. The van der Waals surface area contributed by atoms with E-state index in [0.29, 0.717) is 22.4 Å². The van der Waals surface area contributed by atoms with E-state index in [0.717, 1.165) is 28.2 Å². The molecule has 3 aromatic rings. The van der Waals surface area contributed by atoms with Gasteiger partial charge in [-0.1, -0.05) is 53.5 Å². The predicted molar refractivity (Wildman–Crippen MR) is 126 cm³/mol. The molecule has 0 saturated carbocycles. The molecule has 0 radical (unpaired) electrons. The highest BCUT2D eigenvalue weighted by Crippen LogP contribution is 2.19. The molecule has 0 aromatic heterocycles. The zero-order valence-corrected chi connectivity index (χ0v) is 18.4. The number of amides is 1. The van der Waals surface area contributed by atoms with Crippen LogP contribution in [0.25, 0.3) is 0 Å². The number of carbonyl (C=O) groups is 1. The number of nitrogens with zero attached hydrogens (tertiary/aromatic N) is 1. The van der Waals surface area contributed by atoms with E-state index in [-0.39, 0.29) is 5.91 Å². The molecule has 30 heavy (non-hydrogen) atoms. The van der Waals surface area contributed by atoms with E-state index in [1.807, 2.05) is 72.8 Å².